The van der Waals surface area contributed by atoms with E-state index in [1.54, 1.807) is 6.08 Å². The third-order valence-electron chi connectivity index (χ3n) is 8.81. The molecule has 0 aromatic rings. The van der Waals surface area contributed by atoms with E-state index in [2.05, 4.69) is 55.6 Å². The van der Waals surface area contributed by atoms with Crippen LogP contribution in [0.25, 0.3) is 0 Å². The van der Waals surface area contributed by atoms with Crippen LogP contribution in [0.5, 0.6) is 0 Å². The molecule has 0 fully saturated rings. The molecular weight excluding hydrogens is 566 g/mol. The van der Waals surface area contributed by atoms with Crippen LogP contribution in [0.15, 0.2) is 48.6 Å². The fraction of sp³-hybridized carbons (Fsp3) is 0.786. The summed E-state index contributed by atoms with van der Waals surface area (Å²) in [5, 5.41) is 22.8. The summed E-state index contributed by atoms with van der Waals surface area (Å²) in [5.41, 5.74) is 0. The molecule has 0 radical (unpaired) electrons. The number of aliphatic hydroxyl groups excluding tert-OH is 2. The van der Waals surface area contributed by atoms with Crippen LogP contribution >= 0.6 is 0 Å². The fourth-order valence-corrected chi connectivity index (χ4v) is 5.71. The minimum Gasteiger partial charge on any atom is -0.394 e. The average molecular weight is 644 g/mol. The van der Waals surface area contributed by atoms with E-state index < -0.39 is 12.1 Å². The number of carbonyl (C=O) groups is 1. The van der Waals surface area contributed by atoms with E-state index >= 15 is 0 Å². The van der Waals surface area contributed by atoms with Crippen LogP contribution in [0.3, 0.4) is 0 Å². The van der Waals surface area contributed by atoms with Gasteiger partial charge in [0.05, 0.1) is 18.8 Å². The molecule has 0 aliphatic rings. The highest BCUT2D eigenvalue weighted by molar-refractivity contribution is 5.76. The van der Waals surface area contributed by atoms with Crippen molar-refractivity contribution >= 4 is 5.91 Å². The lowest BCUT2D eigenvalue weighted by atomic mass is 10.0. The van der Waals surface area contributed by atoms with Gasteiger partial charge in [-0.15, -0.1) is 0 Å². The lowest BCUT2D eigenvalue weighted by Crippen LogP contribution is -2.45. The summed E-state index contributed by atoms with van der Waals surface area (Å²) in [4.78, 5) is 12.3. The number of unbranched alkanes of at least 4 members (excludes halogenated alkanes) is 22. The Hall–Kier alpha value is -1.65. The third kappa shape index (κ3) is 33.7. The van der Waals surface area contributed by atoms with Gasteiger partial charge in [0, 0.05) is 6.42 Å². The van der Waals surface area contributed by atoms with Crippen LogP contribution in [0.1, 0.15) is 194 Å². The summed E-state index contributed by atoms with van der Waals surface area (Å²) in [5.74, 6) is -0.0728. The smallest absolute Gasteiger partial charge is 0.220 e. The van der Waals surface area contributed by atoms with Gasteiger partial charge < -0.3 is 15.5 Å². The number of aliphatic hydroxyl groups is 2. The molecule has 4 nitrogen and oxygen atoms in total. The molecule has 0 aliphatic carbocycles. The summed E-state index contributed by atoms with van der Waals surface area (Å²) >= 11 is 0. The highest BCUT2D eigenvalue weighted by Gasteiger charge is 2.17. The van der Waals surface area contributed by atoms with Crippen molar-refractivity contribution in [2.75, 3.05) is 6.61 Å². The first-order valence-electron chi connectivity index (χ1n) is 19.9. The zero-order valence-corrected chi connectivity index (χ0v) is 30.6. The molecule has 3 N–H and O–H groups in total. The SMILES string of the molecule is CCCCCCC/C=C\C/C=C\C/C=C\CCCCCCCCCCCCC(=O)NC(CO)C(O)/C=C/CCCCCCCCC. The van der Waals surface area contributed by atoms with Gasteiger partial charge in [-0.05, 0) is 57.8 Å². The van der Waals surface area contributed by atoms with Gasteiger partial charge >= 0.3 is 0 Å². The highest BCUT2D eigenvalue weighted by Crippen LogP contribution is 2.13. The van der Waals surface area contributed by atoms with E-state index in [1.807, 2.05) is 6.08 Å². The number of rotatable bonds is 35. The Kier molecular flexibility index (Phi) is 36.4. The van der Waals surface area contributed by atoms with E-state index in [0.717, 1.165) is 38.5 Å². The predicted molar refractivity (Wildman–Crippen MR) is 202 cm³/mol. The number of allylic oxidation sites excluding steroid dienone is 7. The first-order chi connectivity index (χ1) is 22.7. The van der Waals surface area contributed by atoms with Gasteiger partial charge in [0.25, 0.3) is 0 Å². The Labute approximate surface area is 286 Å². The summed E-state index contributed by atoms with van der Waals surface area (Å²) in [6.07, 6.45) is 50.7. The van der Waals surface area contributed by atoms with Gasteiger partial charge in [-0.3, -0.25) is 4.79 Å². The predicted octanol–water partition coefficient (Wildman–Crippen LogP) is 12.0. The van der Waals surface area contributed by atoms with Crippen molar-refractivity contribution in [3.8, 4) is 0 Å². The Bertz CT molecular complexity index is 741. The Morgan fingerprint density at radius 2 is 0.891 bits per heavy atom. The largest absolute Gasteiger partial charge is 0.394 e. The summed E-state index contributed by atoms with van der Waals surface area (Å²) in [6.45, 7) is 4.26. The van der Waals surface area contributed by atoms with Crippen molar-refractivity contribution in [1.82, 2.24) is 5.32 Å². The molecular formula is C42H77NO3. The van der Waals surface area contributed by atoms with Crippen LogP contribution in [-0.4, -0.2) is 34.9 Å². The van der Waals surface area contributed by atoms with Crippen molar-refractivity contribution in [3.05, 3.63) is 48.6 Å². The van der Waals surface area contributed by atoms with Crippen molar-refractivity contribution in [1.29, 1.82) is 0 Å². The fourth-order valence-electron chi connectivity index (χ4n) is 5.71. The van der Waals surface area contributed by atoms with Crippen molar-refractivity contribution in [2.45, 2.75) is 206 Å². The summed E-state index contributed by atoms with van der Waals surface area (Å²) in [7, 11) is 0. The number of carbonyl (C=O) groups excluding carboxylic acids is 1. The molecule has 0 aromatic heterocycles. The molecule has 46 heavy (non-hydrogen) atoms. The molecule has 0 bridgehead atoms. The van der Waals surface area contributed by atoms with Gasteiger partial charge in [-0.25, -0.2) is 0 Å². The molecule has 0 saturated heterocycles. The second-order valence-corrected chi connectivity index (χ2v) is 13.3. The molecule has 0 aliphatic heterocycles. The molecule has 2 unspecified atom stereocenters. The number of hydrogen-bond donors (Lipinski definition) is 3. The topological polar surface area (TPSA) is 69.6 Å². The zero-order chi connectivity index (χ0) is 33.6. The Balaban J connectivity index is 3.56. The maximum Gasteiger partial charge on any atom is 0.220 e. The number of amides is 1. The molecule has 0 saturated carbocycles. The lowest BCUT2D eigenvalue weighted by molar-refractivity contribution is -0.123. The maximum atomic E-state index is 12.3. The molecule has 2 atom stereocenters. The van der Waals surface area contributed by atoms with Gasteiger partial charge in [-0.2, -0.15) is 0 Å². The molecule has 4 heteroatoms. The molecule has 0 rings (SSSR count). The second kappa shape index (κ2) is 37.8. The minimum absolute atomic E-state index is 0.0728. The first kappa shape index (κ1) is 44.4. The third-order valence-corrected chi connectivity index (χ3v) is 8.81. The zero-order valence-electron chi connectivity index (χ0n) is 30.6. The van der Waals surface area contributed by atoms with Crippen LogP contribution < -0.4 is 5.32 Å². The molecule has 0 spiro atoms. The average Bonchev–Trinajstić information content (AvgIpc) is 3.06. The van der Waals surface area contributed by atoms with Gasteiger partial charge in [0.1, 0.15) is 0 Å². The van der Waals surface area contributed by atoms with Crippen molar-refractivity contribution < 1.29 is 15.0 Å². The quantitative estimate of drug-likeness (QED) is 0.0475. The number of hydrogen-bond acceptors (Lipinski definition) is 3. The van der Waals surface area contributed by atoms with Crippen LogP contribution in [-0.2, 0) is 4.79 Å². The monoisotopic (exact) mass is 644 g/mol. The molecule has 1 amide bonds. The molecule has 0 heterocycles. The normalized spacial score (nSPS) is 13.6. The summed E-state index contributed by atoms with van der Waals surface area (Å²) < 4.78 is 0. The second-order valence-electron chi connectivity index (χ2n) is 13.3. The minimum atomic E-state index is -0.838. The molecule has 268 valence electrons. The van der Waals surface area contributed by atoms with Crippen LogP contribution in [0.4, 0.5) is 0 Å². The maximum absolute atomic E-state index is 12.3. The van der Waals surface area contributed by atoms with Crippen molar-refractivity contribution in [2.24, 2.45) is 0 Å². The Morgan fingerprint density at radius 3 is 1.33 bits per heavy atom. The summed E-state index contributed by atoms with van der Waals surface area (Å²) in [6, 6.07) is -0.622. The standard InChI is InChI=1S/C42H77NO3/c1-3-5-7-9-11-13-14-15-16-17-18-19-20-21-22-23-24-25-26-27-28-30-32-34-36-38-42(46)43-40(39-44)41(45)37-35-33-31-29-12-10-8-6-4-2/h14-15,17-18,20-21,35,37,40-41,44-45H,3-13,16,19,22-34,36,38-39H2,1-2H3,(H,43,46)/b15-14-,18-17-,21-20-,37-35+. The Morgan fingerprint density at radius 1 is 0.522 bits per heavy atom. The van der Waals surface area contributed by atoms with Gasteiger partial charge in [-0.1, -0.05) is 178 Å². The van der Waals surface area contributed by atoms with E-state index in [4.69, 9.17) is 0 Å². The van der Waals surface area contributed by atoms with Crippen LogP contribution in [0.2, 0.25) is 0 Å². The lowest BCUT2D eigenvalue weighted by Gasteiger charge is -2.20. The highest BCUT2D eigenvalue weighted by atomic mass is 16.3. The van der Waals surface area contributed by atoms with E-state index in [9.17, 15) is 15.0 Å². The molecule has 0 aromatic carbocycles. The van der Waals surface area contributed by atoms with Crippen molar-refractivity contribution in [3.63, 3.8) is 0 Å². The van der Waals surface area contributed by atoms with E-state index in [-0.39, 0.29) is 12.5 Å². The van der Waals surface area contributed by atoms with Gasteiger partial charge in [0.15, 0.2) is 0 Å². The van der Waals surface area contributed by atoms with E-state index in [0.29, 0.717) is 6.42 Å². The van der Waals surface area contributed by atoms with Crippen LogP contribution in [0, 0.1) is 0 Å². The number of nitrogens with one attached hydrogen (secondary N) is 1. The first-order valence-corrected chi connectivity index (χ1v) is 19.9. The van der Waals surface area contributed by atoms with E-state index in [1.165, 1.54) is 135 Å². The van der Waals surface area contributed by atoms with Gasteiger partial charge in [0.2, 0.25) is 5.91 Å².